The van der Waals surface area contributed by atoms with Gasteiger partial charge in [0.1, 0.15) is 13.6 Å². The fourth-order valence-corrected chi connectivity index (χ4v) is 0.743. The van der Waals surface area contributed by atoms with Crippen LogP contribution in [0, 0.1) is 6.92 Å². The molecule has 0 aliphatic carbocycles. The number of nitrogens with one attached hydrogen (secondary N) is 1. The molecule has 0 aliphatic heterocycles. The fraction of sp³-hybridized carbons (Fsp3) is 0.111. The van der Waals surface area contributed by atoms with Gasteiger partial charge in [0.15, 0.2) is 0 Å². The van der Waals surface area contributed by atoms with Crippen molar-refractivity contribution in [1.82, 2.24) is 0 Å². The number of hydrogen-bond acceptors (Lipinski definition) is 3. The van der Waals surface area contributed by atoms with Gasteiger partial charge < -0.3 is 9.59 Å². The summed E-state index contributed by atoms with van der Waals surface area (Å²) in [7, 11) is 0. The zero-order chi connectivity index (χ0) is 10.7. The molecule has 0 bridgehead atoms. The Kier molecular flexibility index (Phi) is 20.1. The third kappa shape index (κ3) is 9.39. The summed E-state index contributed by atoms with van der Waals surface area (Å²) in [5.41, 5.74) is 2.17. The summed E-state index contributed by atoms with van der Waals surface area (Å²) in [5.74, 6) is 0. The minimum absolute atomic E-state index is 0. The van der Waals surface area contributed by atoms with E-state index in [0.717, 1.165) is 5.69 Å². The molecule has 0 amide bonds. The number of carbonyl (C=O) groups is 2. The fourth-order valence-electron chi connectivity index (χ4n) is 0.617. The molecule has 0 saturated carbocycles. The molecule has 0 atom stereocenters. The van der Waals surface area contributed by atoms with E-state index < -0.39 is 0 Å². The quantitative estimate of drug-likeness (QED) is 0.744. The Hall–Kier alpha value is -0.701. The van der Waals surface area contributed by atoms with Crippen LogP contribution in [0.4, 0.5) is 5.69 Å². The van der Waals surface area contributed by atoms with Crippen LogP contribution >= 0.6 is 11.8 Å². The second kappa shape index (κ2) is 14.8. The van der Waals surface area contributed by atoms with Crippen molar-refractivity contribution in [3.05, 3.63) is 29.8 Å². The van der Waals surface area contributed by atoms with E-state index in [1.165, 1.54) is 5.56 Å². The van der Waals surface area contributed by atoms with Crippen molar-refractivity contribution in [2.75, 3.05) is 4.84 Å². The molecule has 1 N–H and O–H groups in total. The molecule has 1 aromatic carbocycles. The summed E-state index contributed by atoms with van der Waals surface area (Å²) in [6.07, 6.45) is 0. The molecule has 1 aromatic rings. The van der Waals surface area contributed by atoms with Gasteiger partial charge in [0, 0.05) is 37.6 Å². The summed E-state index contributed by atoms with van der Waals surface area (Å²) < 4.78 is 0. The summed E-state index contributed by atoms with van der Waals surface area (Å²) in [4.78, 5) is 18.5. The van der Waals surface area contributed by atoms with Crippen molar-refractivity contribution in [2.45, 2.75) is 6.92 Å². The molecule has 81 valence electrons. The third-order valence-electron chi connectivity index (χ3n) is 1.16. The standard InChI is InChI=1S/C7H8ClN.2CH2O.Ir/c1-6-2-4-7(9-8)5-3-6;2*1-2;/h2-5,9H,1H3;2*1H2;. The number of carbonyl (C=O) groups excluding carboxylic acids is 2. The Morgan fingerprint density at radius 2 is 1.43 bits per heavy atom. The molecule has 0 heterocycles. The van der Waals surface area contributed by atoms with Crippen LogP contribution in [0.25, 0.3) is 0 Å². The van der Waals surface area contributed by atoms with Crippen LogP contribution in [0.15, 0.2) is 24.3 Å². The van der Waals surface area contributed by atoms with Gasteiger partial charge in [0.2, 0.25) is 0 Å². The number of hydrogen-bond donors (Lipinski definition) is 1. The van der Waals surface area contributed by atoms with Gasteiger partial charge in [-0.15, -0.1) is 0 Å². The number of benzene rings is 1. The average Bonchev–Trinajstić information content (AvgIpc) is 2.25. The van der Waals surface area contributed by atoms with Crippen molar-refractivity contribution >= 4 is 31.0 Å². The predicted octanol–water partition coefficient (Wildman–Crippen LogP) is 2.19. The van der Waals surface area contributed by atoms with Gasteiger partial charge in [-0.1, -0.05) is 17.7 Å². The molecule has 0 unspecified atom stereocenters. The average molecular weight is 394 g/mol. The maximum absolute atomic E-state index is 8.00. The second-order valence-electron chi connectivity index (χ2n) is 1.96. The van der Waals surface area contributed by atoms with Gasteiger partial charge in [0.05, 0.1) is 0 Å². The van der Waals surface area contributed by atoms with E-state index in [2.05, 4.69) is 4.84 Å². The van der Waals surface area contributed by atoms with E-state index in [1.807, 2.05) is 44.8 Å². The molecular weight excluding hydrogens is 382 g/mol. The maximum Gasteiger partial charge on any atom is 0.106 e. The van der Waals surface area contributed by atoms with Crippen LogP contribution in [0.5, 0.6) is 0 Å². The molecule has 14 heavy (non-hydrogen) atoms. The smallest absolute Gasteiger partial charge is 0.106 e. The second-order valence-corrected chi connectivity index (χ2v) is 2.15. The minimum Gasteiger partial charge on any atom is -0.307 e. The summed E-state index contributed by atoms with van der Waals surface area (Å²) in [5, 5.41) is 0. The number of anilines is 1. The first kappa shape index (κ1) is 19.0. The van der Waals surface area contributed by atoms with Gasteiger partial charge in [0.25, 0.3) is 0 Å². The predicted molar refractivity (Wildman–Crippen MR) is 54.9 cm³/mol. The van der Waals surface area contributed by atoms with E-state index in [9.17, 15) is 0 Å². The molecule has 0 spiro atoms. The van der Waals surface area contributed by atoms with E-state index in [4.69, 9.17) is 21.4 Å². The van der Waals surface area contributed by atoms with Crippen LogP contribution in [0.2, 0.25) is 0 Å². The normalized spacial score (nSPS) is 6.43. The molecule has 0 aliphatic rings. The molecule has 5 heteroatoms. The molecule has 0 saturated heterocycles. The Bertz CT molecular complexity index is 217. The SMILES string of the molecule is C=O.C=O.Cc1ccc(NCl)cc1.[Ir]. The molecule has 3 nitrogen and oxygen atoms in total. The van der Waals surface area contributed by atoms with E-state index in [0.29, 0.717) is 0 Å². The van der Waals surface area contributed by atoms with Gasteiger partial charge in [-0.25, -0.2) is 0 Å². The molecular formula is C9H12ClIrNO2. The largest absolute Gasteiger partial charge is 0.307 e. The van der Waals surface area contributed by atoms with E-state index in [-0.39, 0.29) is 20.1 Å². The topological polar surface area (TPSA) is 46.2 Å². The Morgan fingerprint density at radius 3 is 1.71 bits per heavy atom. The number of aryl methyl sites for hydroxylation is 1. The number of halogens is 1. The Balaban J connectivity index is -0.000000216. The van der Waals surface area contributed by atoms with Crippen LogP contribution in [0.1, 0.15) is 5.56 Å². The summed E-state index contributed by atoms with van der Waals surface area (Å²) >= 11 is 5.33. The molecule has 0 fully saturated rings. The first-order chi connectivity index (χ1) is 6.33. The Labute approximate surface area is 102 Å². The monoisotopic (exact) mass is 394 g/mol. The van der Waals surface area contributed by atoms with Crippen molar-refractivity contribution in [2.24, 2.45) is 0 Å². The summed E-state index contributed by atoms with van der Waals surface area (Å²) in [6.45, 7) is 6.04. The van der Waals surface area contributed by atoms with Crippen LogP contribution in [-0.2, 0) is 29.7 Å². The van der Waals surface area contributed by atoms with Crippen LogP contribution in [-0.4, -0.2) is 13.6 Å². The first-order valence-electron chi connectivity index (χ1n) is 3.34. The van der Waals surface area contributed by atoms with Crippen LogP contribution in [0.3, 0.4) is 0 Å². The van der Waals surface area contributed by atoms with Gasteiger partial charge >= 0.3 is 0 Å². The first-order valence-corrected chi connectivity index (χ1v) is 3.72. The minimum atomic E-state index is 0. The van der Waals surface area contributed by atoms with Crippen LogP contribution < -0.4 is 4.84 Å². The van der Waals surface area contributed by atoms with E-state index in [1.54, 1.807) is 0 Å². The third-order valence-corrected chi connectivity index (χ3v) is 1.38. The van der Waals surface area contributed by atoms with Crippen molar-refractivity contribution < 1.29 is 29.7 Å². The molecule has 0 aromatic heterocycles. The zero-order valence-electron chi connectivity index (χ0n) is 7.75. The molecule has 1 radical (unpaired) electrons. The van der Waals surface area contributed by atoms with Gasteiger partial charge in [-0.2, -0.15) is 0 Å². The maximum atomic E-state index is 8.00. The van der Waals surface area contributed by atoms with Crippen molar-refractivity contribution in [3.63, 3.8) is 0 Å². The zero-order valence-corrected chi connectivity index (χ0v) is 10.9. The van der Waals surface area contributed by atoms with Gasteiger partial charge in [-0.3, -0.25) is 4.84 Å². The van der Waals surface area contributed by atoms with E-state index >= 15 is 0 Å². The molecule has 1 rings (SSSR count). The van der Waals surface area contributed by atoms with Crippen molar-refractivity contribution in [3.8, 4) is 0 Å². The van der Waals surface area contributed by atoms with Gasteiger partial charge in [-0.05, 0) is 19.1 Å². The van der Waals surface area contributed by atoms with Crippen molar-refractivity contribution in [1.29, 1.82) is 0 Å². The summed E-state index contributed by atoms with van der Waals surface area (Å²) in [6, 6.07) is 7.88. The Morgan fingerprint density at radius 1 is 1.07 bits per heavy atom. The number of rotatable bonds is 1.